The summed E-state index contributed by atoms with van der Waals surface area (Å²) in [6.45, 7) is 5.85. The summed E-state index contributed by atoms with van der Waals surface area (Å²) in [5.41, 5.74) is 3.18. The van der Waals surface area contributed by atoms with Crippen LogP contribution in [-0.2, 0) is 11.2 Å². The van der Waals surface area contributed by atoms with Crippen LogP contribution < -0.4 is 5.32 Å². The van der Waals surface area contributed by atoms with Crippen LogP contribution in [-0.4, -0.2) is 60.8 Å². The van der Waals surface area contributed by atoms with E-state index < -0.39 is 0 Å². The molecule has 1 aromatic carbocycles. The van der Waals surface area contributed by atoms with Gasteiger partial charge in [-0.2, -0.15) is 0 Å². The van der Waals surface area contributed by atoms with Crippen molar-refractivity contribution >= 4 is 17.9 Å². The van der Waals surface area contributed by atoms with Gasteiger partial charge in [0.1, 0.15) is 0 Å². The summed E-state index contributed by atoms with van der Waals surface area (Å²) in [7, 11) is 0. The number of fused-ring (bicyclic) bond motifs is 1. The topological polar surface area (TPSA) is 52.7 Å². The summed E-state index contributed by atoms with van der Waals surface area (Å²) in [4.78, 5) is 27.3. The fraction of sp³-hybridized carbons (Fsp3) is 0.500. The molecule has 1 aromatic rings. The van der Waals surface area contributed by atoms with Gasteiger partial charge in [-0.1, -0.05) is 0 Å². The molecule has 0 radical (unpaired) electrons. The predicted octanol–water partition coefficient (Wildman–Crippen LogP) is 1.000. The number of piperazine rings is 1. The van der Waals surface area contributed by atoms with Crippen LogP contribution in [0.15, 0.2) is 18.2 Å². The quantitative estimate of drug-likeness (QED) is 0.663. The van der Waals surface area contributed by atoms with Gasteiger partial charge in [0.05, 0.1) is 6.04 Å². The van der Waals surface area contributed by atoms with E-state index in [9.17, 15) is 9.59 Å². The first-order chi connectivity index (χ1) is 10.2. The molecule has 2 heterocycles. The lowest BCUT2D eigenvalue weighted by Gasteiger charge is -2.35. The summed E-state index contributed by atoms with van der Waals surface area (Å²) < 4.78 is 0. The lowest BCUT2D eigenvalue weighted by atomic mass is 10.0. The predicted molar refractivity (Wildman–Crippen MR) is 81.6 cm³/mol. The molecular formula is C16H21N3O2. The Balaban J connectivity index is 1.68. The normalized spacial score (nSPS) is 19.8. The third kappa shape index (κ3) is 2.78. The van der Waals surface area contributed by atoms with Crippen molar-refractivity contribution in [1.29, 1.82) is 0 Å². The van der Waals surface area contributed by atoms with E-state index in [0.29, 0.717) is 13.1 Å². The van der Waals surface area contributed by atoms with Crippen LogP contribution in [0.2, 0.25) is 0 Å². The Kier molecular flexibility index (Phi) is 3.92. The number of nitrogens with one attached hydrogen (secondary N) is 1. The van der Waals surface area contributed by atoms with Gasteiger partial charge in [-0.05, 0) is 37.1 Å². The SMILES string of the molecule is C[C@H](C(=O)c1ccc2c(c1)CCN2)N1CCN(C=O)CC1. The van der Waals surface area contributed by atoms with Gasteiger partial charge in [-0.25, -0.2) is 0 Å². The van der Waals surface area contributed by atoms with Crippen LogP contribution in [0.3, 0.4) is 0 Å². The first-order valence-electron chi connectivity index (χ1n) is 7.53. The highest BCUT2D eigenvalue weighted by Crippen LogP contribution is 2.24. The van der Waals surface area contributed by atoms with Crippen LogP contribution in [0.5, 0.6) is 0 Å². The average molecular weight is 287 g/mol. The molecule has 1 fully saturated rings. The van der Waals surface area contributed by atoms with Crippen molar-refractivity contribution in [2.24, 2.45) is 0 Å². The minimum Gasteiger partial charge on any atom is -0.384 e. The Bertz CT molecular complexity index is 550. The van der Waals surface area contributed by atoms with Crippen LogP contribution in [0.25, 0.3) is 0 Å². The summed E-state index contributed by atoms with van der Waals surface area (Å²) in [5.74, 6) is 0.171. The molecule has 1 atom stereocenters. The van der Waals surface area contributed by atoms with E-state index in [2.05, 4.69) is 10.2 Å². The van der Waals surface area contributed by atoms with Crippen molar-refractivity contribution in [3.63, 3.8) is 0 Å². The van der Waals surface area contributed by atoms with Crippen molar-refractivity contribution in [2.45, 2.75) is 19.4 Å². The molecule has 5 nitrogen and oxygen atoms in total. The number of anilines is 1. The van der Waals surface area contributed by atoms with E-state index in [0.717, 1.165) is 43.7 Å². The summed E-state index contributed by atoms with van der Waals surface area (Å²) in [6.07, 6.45) is 1.88. The Hall–Kier alpha value is -1.88. The Morgan fingerprint density at radius 2 is 2.05 bits per heavy atom. The lowest BCUT2D eigenvalue weighted by Crippen LogP contribution is -2.51. The van der Waals surface area contributed by atoms with Crippen molar-refractivity contribution in [2.75, 3.05) is 38.0 Å². The number of hydrogen-bond donors (Lipinski definition) is 1. The Morgan fingerprint density at radius 3 is 2.76 bits per heavy atom. The minimum atomic E-state index is -0.133. The first kappa shape index (κ1) is 14.1. The summed E-state index contributed by atoms with van der Waals surface area (Å²) in [6, 6.07) is 5.81. The van der Waals surface area contributed by atoms with Gasteiger partial charge in [-0.3, -0.25) is 14.5 Å². The molecule has 1 saturated heterocycles. The van der Waals surface area contributed by atoms with Crippen molar-refractivity contribution in [3.05, 3.63) is 29.3 Å². The zero-order valence-corrected chi connectivity index (χ0v) is 12.3. The third-order valence-electron chi connectivity index (χ3n) is 4.52. The van der Waals surface area contributed by atoms with Gasteiger partial charge in [0.25, 0.3) is 0 Å². The van der Waals surface area contributed by atoms with Crippen molar-refractivity contribution in [1.82, 2.24) is 9.80 Å². The number of Topliss-reactive ketones (excluding diaryl/α,β-unsaturated/α-hetero) is 1. The van der Waals surface area contributed by atoms with Gasteiger partial charge in [0.2, 0.25) is 6.41 Å². The monoisotopic (exact) mass is 287 g/mol. The molecule has 112 valence electrons. The summed E-state index contributed by atoms with van der Waals surface area (Å²) in [5, 5.41) is 3.31. The molecule has 0 bridgehead atoms. The molecular weight excluding hydrogens is 266 g/mol. The zero-order chi connectivity index (χ0) is 14.8. The number of benzene rings is 1. The highest BCUT2D eigenvalue weighted by molar-refractivity contribution is 6.00. The van der Waals surface area contributed by atoms with Gasteiger partial charge in [-0.15, -0.1) is 0 Å². The second-order valence-electron chi connectivity index (χ2n) is 5.77. The number of rotatable bonds is 4. The zero-order valence-electron chi connectivity index (χ0n) is 12.3. The second-order valence-corrected chi connectivity index (χ2v) is 5.77. The maximum atomic E-state index is 12.6. The molecule has 0 spiro atoms. The number of carbonyl (C=O) groups excluding carboxylic acids is 2. The van der Waals surface area contributed by atoms with Crippen LogP contribution in [0.4, 0.5) is 5.69 Å². The van der Waals surface area contributed by atoms with E-state index >= 15 is 0 Å². The van der Waals surface area contributed by atoms with Gasteiger partial charge in [0.15, 0.2) is 5.78 Å². The van der Waals surface area contributed by atoms with Gasteiger partial charge in [0, 0.05) is 44.0 Å². The molecule has 0 unspecified atom stereocenters. The van der Waals surface area contributed by atoms with E-state index in [1.807, 2.05) is 25.1 Å². The maximum Gasteiger partial charge on any atom is 0.209 e. The fourth-order valence-electron chi connectivity index (χ4n) is 3.10. The smallest absolute Gasteiger partial charge is 0.209 e. The van der Waals surface area contributed by atoms with E-state index in [1.54, 1.807) is 4.90 Å². The molecule has 0 aliphatic carbocycles. The van der Waals surface area contributed by atoms with Crippen molar-refractivity contribution < 1.29 is 9.59 Å². The van der Waals surface area contributed by atoms with Gasteiger partial charge < -0.3 is 10.2 Å². The Morgan fingerprint density at radius 1 is 1.29 bits per heavy atom. The standard InChI is InChI=1S/C16H21N3O2/c1-12(19-8-6-18(11-20)7-9-19)16(21)14-2-3-15-13(10-14)4-5-17-15/h2-3,10-12,17H,4-9H2,1H3/t12-/m1/s1. The molecule has 2 aliphatic rings. The summed E-state index contributed by atoms with van der Waals surface area (Å²) >= 11 is 0. The van der Waals surface area contributed by atoms with E-state index in [4.69, 9.17) is 0 Å². The molecule has 1 N–H and O–H groups in total. The third-order valence-corrected chi connectivity index (χ3v) is 4.52. The first-order valence-corrected chi connectivity index (χ1v) is 7.53. The molecule has 5 heteroatoms. The van der Waals surface area contributed by atoms with E-state index in [-0.39, 0.29) is 11.8 Å². The largest absolute Gasteiger partial charge is 0.384 e. The molecule has 3 rings (SSSR count). The minimum absolute atomic E-state index is 0.133. The van der Waals surface area contributed by atoms with E-state index in [1.165, 1.54) is 5.56 Å². The molecule has 21 heavy (non-hydrogen) atoms. The average Bonchev–Trinajstić information content (AvgIpc) is 3.01. The highest BCUT2D eigenvalue weighted by atomic mass is 16.1. The number of hydrogen-bond acceptors (Lipinski definition) is 4. The number of amides is 1. The highest BCUT2D eigenvalue weighted by Gasteiger charge is 2.26. The van der Waals surface area contributed by atoms with Crippen LogP contribution >= 0.6 is 0 Å². The number of nitrogens with zero attached hydrogens (tertiary/aromatic N) is 2. The number of carbonyl (C=O) groups is 2. The number of ketones is 1. The fourth-order valence-corrected chi connectivity index (χ4v) is 3.10. The van der Waals surface area contributed by atoms with Crippen LogP contribution in [0, 0.1) is 0 Å². The maximum absolute atomic E-state index is 12.6. The van der Waals surface area contributed by atoms with Crippen molar-refractivity contribution in [3.8, 4) is 0 Å². The second kappa shape index (κ2) is 5.85. The molecule has 0 saturated carbocycles. The van der Waals surface area contributed by atoms with Crippen LogP contribution in [0.1, 0.15) is 22.8 Å². The molecule has 1 amide bonds. The Labute approximate surface area is 124 Å². The molecule has 0 aromatic heterocycles. The molecule has 2 aliphatic heterocycles. The van der Waals surface area contributed by atoms with Gasteiger partial charge >= 0.3 is 0 Å². The lowest BCUT2D eigenvalue weighted by molar-refractivity contribution is -0.119.